The third-order valence-electron chi connectivity index (χ3n) is 3.38. The van der Waals surface area contributed by atoms with Crippen LogP contribution in [0.25, 0.3) is 0 Å². The Balaban J connectivity index is 2.56. The maximum Gasteiger partial charge on any atom is 0.338 e. The van der Waals surface area contributed by atoms with Gasteiger partial charge in [0.2, 0.25) is 0 Å². The second-order valence-corrected chi connectivity index (χ2v) is 4.24. The minimum absolute atomic E-state index is 0.0467. The molecule has 2 rings (SSSR count). The number of esters is 1. The Hall–Kier alpha value is -1.49. The van der Waals surface area contributed by atoms with Crippen LogP contribution in [-0.2, 0) is 16.0 Å². The fourth-order valence-electron chi connectivity index (χ4n) is 2.34. The van der Waals surface area contributed by atoms with E-state index in [9.17, 15) is 18.7 Å². The van der Waals surface area contributed by atoms with Gasteiger partial charge in [0.1, 0.15) is 11.6 Å². The van der Waals surface area contributed by atoms with Gasteiger partial charge in [-0.05, 0) is 17.7 Å². The highest BCUT2D eigenvalue weighted by atomic mass is 19.1. The third-order valence-corrected chi connectivity index (χ3v) is 3.38. The quantitative estimate of drug-likeness (QED) is 0.760. The van der Waals surface area contributed by atoms with E-state index in [4.69, 9.17) is 0 Å². The van der Waals surface area contributed by atoms with E-state index in [1.165, 1.54) is 6.92 Å². The minimum Gasteiger partial charge on any atom is -0.467 e. The third kappa shape index (κ3) is 1.53. The first kappa shape index (κ1) is 12.0. The molecule has 1 N–H and O–H groups in total. The fourth-order valence-corrected chi connectivity index (χ4v) is 2.34. The van der Waals surface area contributed by atoms with Gasteiger partial charge in [0.15, 0.2) is 5.60 Å². The first-order valence-corrected chi connectivity index (χ1v) is 5.19. The predicted molar refractivity (Wildman–Crippen MR) is 55.4 cm³/mol. The van der Waals surface area contributed by atoms with E-state index in [-0.39, 0.29) is 17.5 Å². The van der Waals surface area contributed by atoms with Gasteiger partial charge in [0, 0.05) is 17.9 Å². The number of rotatable bonds is 1. The van der Waals surface area contributed by atoms with Crippen molar-refractivity contribution in [1.82, 2.24) is 0 Å². The van der Waals surface area contributed by atoms with Gasteiger partial charge >= 0.3 is 5.97 Å². The molecule has 0 fully saturated rings. The smallest absolute Gasteiger partial charge is 0.338 e. The van der Waals surface area contributed by atoms with Crippen LogP contribution in [0.15, 0.2) is 12.1 Å². The largest absolute Gasteiger partial charge is 0.467 e. The number of fused-ring (bicyclic) bond motifs is 1. The molecule has 2 atom stereocenters. The molecule has 92 valence electrons. The number of benzene rings is 1. The van der Waals surface area contributed by atoms with Crippen LogP contribution in [0.1, 0.15) is 24.0 Å². The zero-order valence-corrected chi connectivity index (χ0v) is 9.46. The van der Waals surface area contributed by atoms with Crippen molar-refractivity contribution in [2.75, 3.05) is 7.11 Å². The summed E-state index contributed by atoms with van der Waals surface area (Å²) in [7, 11) is 1.13. The van der Waals surface area contributed by atoms with Crippen LogP contribution < -0.4 is 0 Å². The monoisotopic (exact) mass is 242 g/mol. The zero-order valence-electron chi connectivity index (χ0n) is 9.46. The molecule has 0 spiro atoms. The van der Waals surface area contributed by atoms with Crippen LogP contribution in [0.5, 0.6) is 0 Å². The molecule has 1 aliphatic rings. The Labute approximate surface area is 97.0 Å². The number of carbonyl (C=O) groups excluding carboxylic acids is 1. The molecular formula is C12H12F2O3. The number of hydrogen-bond donors (Lipinski definition) is 1. The molecule has 2 unspecified atom stereocenters. The maximum absolute atomic E-state index is 13.6. The molecule has 17 heavy (non-hydrogen) atoms. The lowest BCUT2D eigenvalue weighted by Gasteiger charge is -2.24. The van der Waals surface area contributed by atoms with E-state index in [2.05, 4.69) is 4.74 Å². The van der Waals surface area contributed by atoms with Crippen molar-refractivity contribution in [3.05, 3.63) is 34.9 Å². The fraction of sp³-hybridized carbons (Fsp3) is 0.417. The van der Waals surface area contributed by atoms with Crippen LogP contribution >= 0.6 is 0 Å². The van der Waals surface area contributed by atoms with Crippen molar-refractivity contribution < 1.29 is 23.4 Å². The molecule has 3 nitrogen and oxygen atoms in total. The SMILES string of the molecule is COC(=O)C1(O)Cc2c(F)ccc(F)c2C1C. The number of methoxy groups -OCH3 is 1. The average molecular weight is 242 g/mol. The van der Waals surface area contributed by atoms with Crippen molar-refractivity contribution in [3.8, 4) is 0 Å². The first-order chi connectivity index (χ1) is 7.91. The summed E-state index contributed by atoms with van der Waals surface area (Å²) < 4.78 is 31.6. The number of hydrogen-bond acceptors (Lipinski definition) is 3. The molecule has 0 aromatic heterocycles. The van der Waals surface area contributed by atoms with E-state index in [1.54, 1.807) is 0 Å². The van der Waals surface area contributed by atoms with Crippen molar-refractivity contribution in [3.63, 3.8) is 0 Å². The van der Waals surface area contributed by atoms with E-state index in [0.717, 1.165) is 19.2 Å². The average Bonchev–Trinajstić information content (AvgIpc) is 2.59. The summed E-state index contributed by atoms with van der Waals surface area (Å²) in [6.07, 6.45) is -0.264. The van der Waals surface area contributed by atoms with Crippen molar-refractivity contribution in [2.24, 2.45) is 0 Å². The van der Waals surface area contributed by atoms with Crippen LogP contribution in [-0.4, -0.2) is 23.8 Å². The van der Waals surface area contributed by atoms with E-state index in [1.807, 2.05) is 0 Å². The number of ether oxygens (including phenoxy) is 1. The Morgan fingerprint density at radius 1 is 1.47 bits per heavy atom. The second-order valence-electron chi connectivity index (χ2n) is 4.24. The highest BCUT2D eigenvalue weighted by molar-refractivity contribution is 5.82. The van der Waals surface area contributed by atoms with Gasteiger partial charge < -0.3 is 9.84 Å². The molecule has 0 bridgehead atoms. The molecule has 1 aliphatic carbocycles. The van der Waals surface area contributed by atoms with Crippen LogP contribution in [0, 0.1) is 11.6 Å². The lowest BCUT2D eigenvalue weighted by molar-refractivity contribution is -0.163. The van der Waals surface area contributed by atoms with E-state index >= 15 is 0 Å². The van der Waals surface area contributed by atoms with Gasteiger partial charge in [0.25, 0.3) is 0 Å². The Morgan fingerprint density at radius 3 is 2.59 bits per heavy atom. The molecule has 1 aromatic carbocycles. The summed E-state index contributed by atoms with van der Waals surface area (Å²) in [5, 5.41) is 10.2. The summed E-state index contributed by atoms with van der Waals surface area (Å²) in [5.41, 5.74) is -1.79. The summed E-state index contributed by atoms with van der Waals surface area (Å²) in [6.45, 7) is 1.48. The lowest BCUT2D eigenvalue weighted by atomic mass is 9.89. The first-order valence-electron chi connectivity index (χ1n) is 5.19. The van der Waals surface area contributed by atoms with Gasteiger partial charge in [-0.3, -0.25) is 0 Å². The molecular weight excluding hydrogens is 230 g/mol. The predicted octanol–water partition coefficient (Wildman–Crippen LogP) is 1.53. The normalized spacial score (nSPS) is 26.8. The molecule has 0 aliphatic heterocycles. The molecule has 0 amide bonds. The van der Waals surface area contributed by atoms with Crippen LogP contribution in [0.2, 0.25) is 0 Å². The number of aliphatic hydroxyl groups is 1. The number of carbonyl (C=O) groups is 1. The van der Waals surface area contributed by atoms with Gasteiger partial charge in [-0.25, -0.2) is 13.6 Å². The maximum atomic E-state index is 13.6. The lowest BCUT2D eigenvalue weighted by Crippen LogP contribution is -2.42. The highest BCUT2D eigenvalue weighted by Crippen LogP contribution is 2.43. The van der Waals surface area contributed by atoms with Crippen molar-refractivity contribution in [2.45, 2.75) is 24.9 Å². The van der Waals surface area contributed by atoms with Gasteiger partial charge in [-0.15, -0.1) is 0 Å². The summed E-state index contributed by atoms with van der Waals surface area (Å²) >= 11 is 0. The zero-order chi connectivity index (χ0) is 12.8. The molecule has 0 saturated carbocycles. The summed E-state index contributed by atoms with van der Waals surface area (Å²) in [6, 6.07) is 1.98. The van der Waals surface area contributed by atoms with E-state index < -0.39 is 29.1 Å². The topological polar surface area (TPSA) is 46.5 Å². The van der Waals surface area contributed by atoms with Gasteiger partial charge in [-0.1, -0.05) is 6.92 Å². The Bertz CT molecular complexity index is 487. The number of halogens is 2. The molecule has 0 radical (unpaired) electrons. The molecule has 1 aromatic rings. The Kier molecular flexibility index (Phi) is 2.66. The van der Waals surface area contributed by atoms with Crippen LogP contribution in [0.4, 0.5) is 8.78 Å². The Morgan fingerprint density at radius 2 is 2.06 bits per heavy atom. The van der Waals surface area contributed by atoms with Gasteiger partial charge in [0.05, 0.1) is 7.11 Å². The standard InChI is InChI=1S/C12H12F2O3/c1-6-10-7(8(13)3-4-9(10)14)5-12(6,16)11(15)17-2/h3-4,6,16H,5H2,1-2H3. The minimum atomic E-state index is -1.89. The summed E-state index contributed by atoms with van der Waals surface area (Å²) in [4.78, 5) is 11.5. The molecule has 0 heterocycles. The van der Waals surface area contributed by atoms with E-state index in [0.29, 0.717) is 0 Å². The summed E-state index contributed by atoms with van der Waals surface area (Å²) in [5.74, 6) is -2.94. The molecule has 0 saturated heterocycles. The highest BCUT2D eigenvalue weighted by Gasteiger charge is 2.51. The van der Waals surface area contributed by atoms with Gasteiger partial charge in [-0.2, -0.15) is 0 Å². The molecule has 5 heteroatoms. The van der Waals surface area contributed by atoms with Crippen molar-refractivity contribution in [1.29, 1.82) is 0 Å². The van der Waals surface area contributed by atoms with Crippen LogP contribution in [0.3, 0.4) is 0 Å². The second kappa shape index (κ2) is 3.77. The van der Waals surface area contributed by atoms with Crippen molar-refractivity contribution >= 4 is 5.97 Å².